The Morgan fingerprint density at radius 3 is 2.92 bits per heavy atom. The van der Waals surface area contributed by atoms with Crippen molar-refractivity contribution >= 4 is 11.3 Å². The number of thiophene rings is 1. The molecule has 1 rings (SSSR count). The van der Waals surface area contributed by atoms with Crippen molar-refractivity contribution in [1.29, 1.82) is 0 Å². The molecule has 0 saturated carbocycles. The third-order valence-electron chi connectivity index (χ3n) is 1.97. The Bertz CT molecular complexity index is 194. The van der Waals surface area contributed by atoms with Crippen LogP contribution in [0.4, 0.5) is 0 Å². The van der Waals surface area contributed by atoms with Crippen molar-refractivity contribution < 1.29 is 5.11 Å². The van der Waals surface area contributed by atoms with Crippen LogP contribution in [0.2, 0.25) is 0 Å². The van der Waals surface area contributed by atoms with Crippen LogP contribution in [0, 0.1) is 0 Å². The molecule has 0 amide bonds. The zero-order valence-electron chi connectivity index (χ0n) is 7.49. The summed E-state index contributed by atoms with van der Waals surface area (Å²) in [6.45, 7) is 2.10. The quantitative estimate of drug-likeness (QED) is 0.746. The highest BCUT2D eigenvalue weighted by atomic mass is 32.1. The molecule has 0 aromatic carbocycles. The number of hydrogen-bond acceptors (Lipinski definition) is 2. The molecule has 0 aliphatic carbocycles. The van der Waals surface area contributed by atoms with Gasteiger partial charge in [0.25, 0.3) is 0 Å². The molecule has 0 spiro atoms. The highest BCUT2D eigenvalue weighted by molar-refractivity contribution is 7.07. The SMILES string of the molecule is CCCC(O)CCc1ccsc1. The van der Waals surface area contributed by atoms with E-state index in [1.54, 1.807) is 11.3 Å². The maximum absolute atomic E-state index is 9.45. The van der Waals surface area contributed by atoms with E-state index in [0.717, 1.165) is 25.7 Å². The third kappa shape index (κ3) is 3.37. The molecule has 1 nitrogen and oxygen atoms in total. The lowest BCUT2D eigenvalue weighted by atomic mass is 10.1. The molecule has 0 aliphatic heterocycles. The van der Waals surface area contributed by atoms with Gasteiger partial charge in [-0.1, -0.05) is 13.3 Å². The fraction of sp³-hybridized carbons (Fsp3) is 0.600. The first-order valence-electron chi connectivity index (χ1n) is 4.52. The average Bonchev–Trinajstić information content (AvgIpc) is 2.53. The van der Waals surface area contributed by atoms with Gasteiger partial charge in [0, 0.05) is 0 Å². The van der Waals surface area contributed by atoms with Gasteiger partial charge in [-0.3, -0.25) is 0 Å². The van der Waals surface area contributed by atoms with Gasteiger partial charge >= 0.3 is 0 Å². The summed E-state index contributed by atoms with van der Waals surface area (Å²) in [5.74, 6) is 0. The molecule has 1 aromatic rings. The second-order valence-corrected chi connectivity index (χ2v) is 3.89. The molecule has 1 atom stereocenters. The first-order chi connectivity index (χ1) is 5.83. The van der Waals surface area contributed by atoms with Gasteiger partial charge in [-0.2, -0.15) is 11.3 Å². The highest BCUT2D eigenvalue weighted by Crippen LogP contribution is 2.11. The van der Waals surface area contributed by atoms with Crippen LogP contribution in [-0.2, 0) is 6.42 Å². The molecule has 12 heavy (non-hydrogen) atoms. The molecule has 0 saturated heterocycles. The van der Waals surface area contributed by atoms with Crippen LogP contribution in [0.1, 0.15) is 31.7 Å². The van der Waals surface area contributed by atoms with Crippen molar-refractivity contribution in [3.8, 4) is 0 Å². The molecule has 1 aromatic heterocycles. The predicted molar refractivity (Wildman–Crippen MR) is 53.6 cm³/mol. The van der Waals surface area contributed by atoms with Gasteiger partial charge in [-0.25, -0.2) is 0 Å². The Hall–Kier alpha value is -0.340. The number of aliphatic hydroxyl groups excluding tert-OH is 1. The van der Waals surface area contributed by atoms with Crippen LogP contribution in [0.5, 0.6) is 0 Å². The normalized spacial score (nSPS) is 13.2. The summed E-state index contributed by atoms with van der Waals surface area (Å²) in [5.41, 5.74) is 1.36. The van der Waals surface area contributed by atoms with Gasteiger partial charge in [0.05, 0.1) is 6.10 Å². The standard InChI is InChI=1S/C10H16OS/c1-2-3-10(11)5-4-9-6-7-12-8-9/h6-8,10-11H,2-5H2,1H3. The lowest BCUT2D eigenvalue weighted by molar-refractivity contribution is 0.154. The van der Waals surface area contributed by atoms with E-state index in [0.29, 0.717) is 0 Å². The van der Waals surface area contributed by atoms with Crippen LogP contribution < -0.4 is 0 Å². The van der Waals surface area contributed by atoms with E-state index in [1.807, 2.05) is 0 Å². The van der Waals surface area contributed by atoms with Crippen molar-refractivity contribution in [1.82, 2.24) is 0 Å². The Balaban J connectivity index is 2.17. The van der Waals surface area contributed by atoms with Crippen LogP contribution in [0.3, 0.4) is 0 Å². The zero-order chi connectivity index (χ0) is 8.81. The fourth-order valence-corrected chi connectivity index (χ4v) is 1.95. The largest absolute Gasteiger partial charge is 0.393 e. The number of hydrogen-bond donors (Lipinski definition) is 1. The summed E-state index contributed by atoms with van der Waals surface area (Å²) in [5, 5.41) is 13.7. The molecule has 68 valence electrons. The molecule has 2 heteroatoms. The molecule has 1 unspecified atom stereocenters. The first-order valence-corrected chi connectivity index (χ1v) is 5.46. The van der Waals surface area contributed by atoms with Crippen LogP contribution >= 0.6 is 11.3 Å². The van der Waals surface area contributed by atoms with Crippen molar-refractivity contribution in [3.63, 3.8) is 0 Å². The Morgan fingerprint density at radius 1 is 1.50 bits per heavy atom. The van der Waals surface area contributed by atoms with Gasteiger partial charge in [0.15, 0.2) is 0 Å². The minimum atomic E-state index is -0.102. The summed E-state index contributed by atoms with van der Waals surface area (Å²) in [7, 11) is 0. The van der Waals surface area contributed by atoms with Crippen molar-refractivity contribution in [2.75, 3.05) is 0 Å². The van der Waals surface area contributed by atoms with Gasteiger partial charge in [0.2, 0.25) is 0 Å². The van der Waals surface area contributed by atoms with Crippen molar-refractivity contribution in [3.05, 3.63) is 22.4 Å². The van der Waals surface area contributed by atoms with E-state index >= 15 is 0 Å². The maximum Gasteiger partial charge on any atom is 0.0543 e. The zero-order valence-corrected chi connectivity index (χ0v) is 8.31. The minimum Gasteiger partial charge on any atom is -0.393 e. The van der Waals surface area contributed by atoms with E-state index in [9.17, 15) is 5.11 Å². The topological polar surface area (TPSA) is 20.2 Å². The Morgan fingerprint density at radius 2 is 2.33 bits per heavy atom. The molecule has 1 heterocycles. The molecule has 0 radical (unpaired) electrons. The summed E-state index contributed by atoms with van der Waals surface area (Å²) in [6, 6.07) is 2.13. The molecular formula is C10H16OS. The summed E-state index contributed by atoms with van der Waals surface area (Å²) >= 11 is 1.72. The fourth-order valence-electron chi connectivity index (χ4n) is 1.25. The number of aryl methyl sites for hydroxylation is 1. The lowest BCUT2D eigenvalue weighted by Crippen LogP contribution is -2.06. The number of rotatable bonds is 5. The highest BCUT2D eigenvalue weighted by Gasteiger charge is 2.02. The average molecular weight is 184 g/mol. The van der Waals surface area contributed by atoms with Crippen LogP contribution in [0.15, 0.2) is 16.8 Å². The molecule has 0 bridgehead atoms. The molecule has 0 fully saturated rings. The monoisotopic (exact) mass is 184 g/mol. The second kappa shape index (κ2) is 5.33. The van der Waals surface area contributed by atoms with Crippen molar-refractivity contribution in [2.45, 2.75) is 38.7 Å². The molecule has 1 N–H and O–H groups in total. The first kappa shape index (κ1) is 9.75. The third-order valence-corrected chi connectivity index (χ3v) is 2.70. The Kier molecular flexibility index (Phi) is 4.33. The van der Waals surface area contributed by atoms with E-state index in [1.165, 1.54) is 5.56 Å². The van der Waals surface area contributed by atoms with Gasteiger partial charge < -0.3 is 5.11 Å². The maximum atomic E-state index is 9.45. The van der Waals surface area contributed by atoms with E-state index in [2.05, 4.69) is 23.8 Å². The smallest absolute Gasteiger partial charge is 0.0543 e. The summed E-state index contributed by atoms with van der Waals surface area (Å²) in [4.78, 5) is 0. The molecular weight excluding hydrogens is 168 g/mol. The van der Waals surface area contributed by atoms with Gasteiger partial charge in [0.1, 0.15) is 0 Å². The van der Waals surface area contributed by atoms with E-state index in [4.69, 9.17) is 0 Å². The van der Waals surface area contributed by atoms with Crippen LogP contribution in [0.25, 0.3) is 0 Å². The second-order valence-electron chi connectivity index (χ2n) is 3.11. The predicted octanol–water partition coefficient (Wildman–Crippen LogP) is 2.84. The van der Waals surface area contributed by atoms with Gasteiger partial charge in [-0.15, -0.1) is 0 Å². The minimum absolute atomic E-state index is 0.102. The summed E-state index contributed by atoms with van der Waals surface area (Å²) < 4.78 is 0. The lowest BCUT2D eigenvalue weighted by Gasteiger charge is -2.07. The van der Waals surface area contributed by atoms with Gasteiger partial charge in [-0.05, 0) is 41.7 Å². The van der Waals surface area contributed by atoms with E-state index in [-0.39, 0.29) is 6.10 Å². The van der Waals surface area contributed by atoms with Crippen molar-refractivity contribution in [2.24, 2.45) is 0 Å². The molecule has 0 aliphatic rings. The number of aliphatic hydroxyl groups is 1. The Labute approximate surface area is 78.1 Å². The van der Waals surface area contributed by atoms with E-state index < -0.39 is 0 Å². The van der Waals surface area contributed by atoms with Crippen LogP contribution in [-0.4, -0.2) is 11.2 Å². The summed E-state index contributed by atoms with van der Waals surface area (Å²) in [6.07, 6.45) is 3.83.